The van der Waals surface area contributed by atoms with Gasteiger partial charge in [0.2, 0.25) is 0 Å². The van der Waals surface area contributed by atoms with E-state index >= 15 is 0 Å². The SMILES string of the molecule is CNCC1CN(C)C1C. The summed E-state index contributed by atoms with van der Waals surface area (Å²) >= 11 is 0. The standard InChI is InChI=1S/C7H16N2/c1-6-7(4-8-2)5-9(6)3/h6-8H,4-5H2,1-3H3. The molecule has 0 aromatic carbocycles. The Balaban J connectivity index is 2.17. The van der Waals surface area contributed by atoms with Crippen molar-refractivity contribution in [1.82, 2.24) is 10.2 Å². The molecule has 1 heterocycles. The maximum absolute atomic E-state index is 3.19. The van der Waals surface area contributed by atoms with Crippen LogP contribution in [0.4, 0.5) is 0 Å². The van der Waals surface area contributed by atoms with Gasteiger partial charge in [0.15, 0.2) is 0 Å². The highest BCUT2D eigenvalue weighted by atomic mass is 15.2. The fourth-order valence-electron chi connectivity index (χ4n) is 1.41. The Morgan fingerprint density at radius 1 is 1.67 bits per heavy atom. The Kier molecular flexibility index (Phi) is 2.09. The van der Waals surface area contributed by atoms with Crippen LogP contribution in [0.2, 0.25) is 0 Å². The van der Waals surface area contributed by atoms with Crippen LogP contribution in [0.25, 0.3) is 0 Å². The van der Waals surface area contributed by atoms with Gasteiger partial charge < -0.3 is 10.2 Å². The lowest BCUT2D eigenvalue weighted by Crippen LogP contribution is -2.55. The molecule has 1 N–H and O–H groups in total. The van der Waals surface area contributed by atoms with Crippen LogP contribution < -0.4 is 5.32 Å². The fourth-order valence-corrected chi connectivity index (χ4v) is 1.41. The molecule has 0 radical (unpaired) electrons. The van der Waals surface area contributed by atoms with Crippen LogP contribution in [0.3, 0.4) is 0 Å². The van der Waals surface area contributed by atoms with Crippen molar-refractivity contribution in [3.05, 3.63) is 0 Å². The molecule has 54 valence electrons. The lowest BCUT2D eigenvalue weighted by Gasteiger charge is -2.44. The minimum Gasteiger partial charge on any atom is -0.319 e. The zero-order valence-electron chi connectivity index (χ0n) is 6.52. The Hall–Kier alpha value is -0.0800. The lowest BCUT2D eigenvalue weighted by atomic mass is 9.91. The molecule has 1 saturated heterocycles. The number of likely N-dealkylation sites (tertiary alicyclic amines) is 1. The Bertz CT molecular complexity index is 90.9. The molecule has 0 amide bonds. The second-order valence-corrected chi connectivity index (χ2v) is 3.00. The first-order valence-electron chi connectivity index (χ1n) is 3.60. The highest BCUT2D eigenvalue weighted by molar-refractivity contribution is 4.86. The quantitative estimate of drug-likeness (QED) is 0.569. The molecule has 0 bridgehead atoms. The van der Waals surface area contributed by atoms with E-state index in [4.69, 9.17) is 0 Å². The van der Waals surface area contributed by atoms with Crippen molar-refractivity contribution in [2.45, 2.75) is 13.0 Å². The number of nitrogens with one attached hydrogen (secondary N) is 1. The first kappa shape index (κ1) is 7.03. The largest absolute Gasteiger partial charge is 0.319 e. The summed E-state index contributed by atoms with van der Waals surface area (Å²) in [6, 6.07) is 0.789. The van der Waals surface area contributed by atoms with Crippen LogP contribution in [0, 0.1) is 5.92 Å². The molecule has 0 spiro atoms. The van der Waals surface area contributed by atoms with E-state index in [1.54, 1.807) is 0 Å². The molecule has 0 aromatic heterocycles. The van der Waals surface area contributed by atoms with E-state index in [0.29, 0.717) is 0 Å². The van der Waals surface area contributed by atoms with E-state index in [2.05, 4.69) is 24.2 Å². The number of hydrogen-bond donors (Lipinski definition) is 1. The molecule has 1 aliphatic rings. The normalized spacial score (nSPS) is 36.3. The van der Waals surface area contributed by atoms with Crippen molar-refractivity contribution in [1.29, 1.82) is 0 Å². The summed E-state index contributed by atoms with van der Waals surface area (Å²) in [5, 5.41) is 3.19. The first-order chi connectivity index (χ1) is 4.25. The summed E-state index contributed by atoms with van der Waals surface area (Å²) in [4.78, 5) is 2.38. The van der Waals surface area contributed by atoms with Gasteiger partial charge in [0.1, 0.15) is 0 Å². The molecular weight excluding hydrogens is 112 g/mol. The molecule has 1 rings (SSSR count). The van der Waals surface area contributed by atoms with Crippen LogP contribution in [-0.2, 0) is 0 Å². The van der Waals surface area contributed by atoms with Gasteiger partial charge in [-0.05, 0) is 26.9 Å². The second-order valence-electron chi connectivity index (χ2n) is 3.00. The highest BCUT2D eigenvalue weighted by Gasteiger charge is 2.30. The molecule has 9 heavy (non-hydrogen) atoms. The third kappa shape index (κ3) is 1.25. The van der Waals surface area contributed by atoms with Crippen molar-refractivity contribution >= 4 is 0 Å². The van der Waals surface area contributed by atoms with Crippen molar-refractivity contribution in [2.75, 3.05) is 27.2 Å². The third-order valence-corrected chi connectivity index (χ3v) is 2.37. The fraction of sp³-hybridized carbons (Fsp3) is 1.00. The third-order valence-electron chi connectivity index (χ3n) is 2.37. The average Bonchev–Trinajstić information content (AvgIpc) is 1.88. The predicted molar refractivity (Wildman–Crippen MR) is 39.5 cm³/mol. The number of hydrogen-bond acceptors (Lipinski definition) is 2. The Morgan fingerprint density at radius 2 is 2.33 bits per heavy atom. The number of rotatable bonds is 2. The molecule has 2 nitrogen and oxygen atoms in total. The van der Waals surface area contributed by atoms with Gasteiger partial charge in [-0.3, -0.25) is 0 Å². The van der Waals surface area contributed by atoms with E-state index in [0.717, 1.165) is 12.0 Å². The zero-order valence-corrected chi connectivity index (χ0v) is 6.52. The van der Waals surface area contributed by atoms with Gasteiger partial charge in [0.25, 0.3) is 0 Å². The number of nitrogens with zero attached hydrogens (tertiary/aromatic N) is 1. The maximum atomic E-state index is 3.19. The van der Waals surface area contributed by atoms with Gasteiger partial charge in [0, 0.05) is 19.1 Å². The second kappa shape index (κ2) is 2.67. The van der Waals surface area contributed by atoms with E-state index in [9.17, 15) is 0 Å². The molecule has 1 aliphatic heterocycles. The first-order valence-corrected chi connectivity index (χ1v) is 3.60. The molecular formula is C7H16N2. The molecule has 0 saturated carbocycles. The van der Waals surface area contributed by atoms with E-state index in [1.807, 2.05) is 7.05 Å². The minimum atomic E-state index is 0.789. The van der Waals surface area contributed by atoms with Crippen LogP contribution in [0.5, 0.6) is 0 Å². The molecule has 2 heteroatoms. The smallest absolute Gasteiger partial charge is 0.0117 e. The predicted octanol–water partition coefficient (Wildman–Crippen LogP) is 0.156. The van der Waals surface area contributed by atoms with Crippen LogP contribution in [0.15, 0.2) is 0 Å². The minimum absolute atomic E-state index is 0.789. The highest BCUT2D eigenvalue weighted by Crippen LogP contribution is 2.20. The molecule has 1 fully saturated rings. The maximum Gasteiger partial charge on any atom is 0.0117 e. The monoisotopic (exact) mass is 128 g/mol. The van der Waals surface area contributed by atoms with Gasteiger partial charge >= 0.3 is 0 Å². The van der Waals surface area contributed by atoms with Crippen molar-refractivity contribution < 1.29 is 0 Å². The van der Waals surface area contributed by atoms with Crippen LogP contribution in [0.1, 0.15) is 6.92 Å². The van der Waals surface area contributed by atoms with Gasteiger partial charge in [0.05, 0.1) is 0 Å². The Morgan fingerprint density at radius 3 is 2.67 bits per heavy atom. The summed E-state index contributed by atoms with van der Waals surface area (Å²) < 4.78 is 0. The Labute approximate surface area is 57.2 Å². The van der Waals surface area contributed by atoms with Gasteiger partial charge in [-0.1, -0.05) is 0 Å². The summed E-state index contributed by atoms with van der Waals surface area (Å²) in [5.41, 5.74) is 0. The van der Waals surface area contributed by atoms with Gasteiger partial charge in [-0.15, -0.1) is 0 Å². The topological polar surface area (TPSA) is 15.3 Å². The van der Waals surface area contributed by atoms with E-state index < -0.39 is 0 Å². The molecule has 2 unspecified atom stereocenters. The van der Waals surface area contributed by atoms with E-state index in [-0.39, 0.29) is 0 Å². The van der Waals surface area contributed by atoms with Crippen LogP contribution in [-0.4, -0.2) is 38.1 Å². The molecule has 2 atom stereocenters. The van der Waals surface area contributed by atoms with Crippen molar-refractivity contribution in [3.8, 4) is 0 Å². The van der Waals surface area contributed by atoms with Gasteiger partial charge in [-0.2, -0.15) is 0 Å². The zero-order chi connectivity index (χ0) is 6.85. The van der Waals surface area contributed by atoms with Gasteiger partial charge in [-0.25, -0.2) is 0 Å². The summed E-state index contributed by atoms with van der Waals surface area (Å²) in [5.74, 6) is 0.889. The lowest BCUT2D eigenvalue weighted by molar-refractivity contribution is 0.0565. The van der Waals surface area contributed by atoms with Crippen molar-refractivity contribution in [3.63, 3.8) is 0 Å². The van der Waals surface area contributed by atoms with E-state index in [1.165, 1.54) is 13.1 Å². The molecule has 0 aromatic rings. The summed E-state index contributed by atoms with van der Waals surface area (Å²) in [6.07, 6.45) is 0. The molecule has 0 aliphatic carbocycles. The summed E-state index contributed by atoms with van der Waals surface area (Å²) in [7, 11) is 4.20. The van der Waals surface area contributed by atoms with Crippen LogP contribution >= 0.6 is 0 Å². The average molecular weight is 128 g/mol. The van der Waals surface area contributed by atoms with Crippen molar-refractivity contribution in [2.24, 2.45) is 5.92 Å². The summed E-state index contributed by atoms with van der Waals surface area (Å²) in [6.45, 7) is 4.72.